The fourth-order valence-electron chi connectivity index (χ4n) is 1.33. The van der Waals surface area contributed by atoms with Crippen molar-refractivity contribution >= 4 is 0 Å². The summed E-state index contributed by atoms with van der Waals surface area (Å²) in [5.41, 5.74) is 6.79. The summed E-state index contributed by atoms with van der Waals surface area (Å²) in [4.78, 5) is 0. The zero-order valence-corrected chi connectivity index (χ0v) is 9.77. The average Bonchev–Trinajstić information content (AvgIpc) is 2.29. The van der Waals surface area contributed by atoms with Crippen LogP contribution in [0.4, 0.5) is 0 Å². The van der Waals surface area contributed by atoms with Gasteiger partial charge in [-0.05, 0) is 24.6 Å². The Labute approximate surface area is 96.0 Å². The van der Waals surface area contributed by atoms with Crippen LogP contribution < -0.4 is 15.2 Å². The van der Waals surface area contributed by atoms with Crippen molar-refractivity contribution in [1.82, 2.24) is 0 Å². The van der Waals surface area contributed by atoms with Crippen LogP contribution in [0.3, 0.4) is 0 Å². The predicted molar refractivity (Wildman–Crippen MR) is 62.8 cm³/mol. The highest BCUT2D eigenvalue weighted by Crippen LogP contribution is 2.29. The van der Waals surface area contributed by atoms with Gasteiger partial charge in [0.1, 0.15) is 0 Å². The Bertz CT molecular complexity index is 326. The normalized spacial score (nSPS) is 12.2. The molecule has 0 amide bonds. The molecule has 0 aliphatic carbocycles. The third-order valence-corrected chi connectivity index (χ3v) is 2.27. The molecule has 16 heavy (non-hydrogen) atoms. The molecule has 4 nitrogen and oxygen atoms in total. The number of ether oxygens (including phenoxy) is 2. The minimum Gasteiger partial charge on any atom is -0.493 e. The highest BCUT2D eigenvalue weighted by atomic mass is 16.5. The lowest BCUT2D eigenvalue weighted by molar-refractivity contribution is 0.228. The third-order valence-electron chi connectivity index (χ3n) is 2.27. The second-order valence-electron chi connectivity index (χ2n) is 3.62. The summed E-state index contributed by atoms with van der Waals surface area (Å²) in [6.45, 7) is 2.52. The summed E-state index contributed by atoms with van der Waals surface area (Å²) >= 11 is 0. The Morgan fingerprint density at radius 2 is 2.12 bits per heavy atom. The Morgan fingerprint density at radius 3 is 2.69 bits per heavy atom. The Kier molecular flexibility index (Phi) is 5.08. The highest BCUT2D eigenvalue weighted by molar-refractivity contribution is 5.43. The van der Waals surface area contributed by atoms with Crippen LogP contribution >= 0.6 is 0 Å². The van der Waals surface area contributed by atoms with Crippen LogP contribution in [-0.4, -0.2) is 25.4 Å². The van der Waals surface area contributed by atoms with Gasteiger partial charge in [-0.15, -0.1) is 0 Å². The van der Waals surface area contributed by atoms with Gasteiger partial charge >= 0.3 is 0 Å². The van der Waals surface area contributed by atoms with E-state index in [1.54, 1.807) is 7.11 Å². The van der Waals surface area contributed by atoms with Gasteiger partial charge in [0.25, 0.3) is 0 Å². The maximum atomic E-state index is 8.66. The zero-order valence-electron chi connectivity index (χ0n) is 9.77. The molecule has 0 aromatic heterocycles. The van der Waals surface area contributed by atoms with Gasteiger partial charge in [-0.1, -0.05) is 6.07 Å². The third kappa shape index (κ3) is 3.40. The summed E-state index contributed by atoms with van der Waals surface area (Å²) in [6, 6.07) is 5.61. The van der Waals surface area contributed by atoms with Crippen molar-refractivity contribution in [2.24, 2.45) is 5.73 Å². The second kappa shape index (κ2) is 6.35. The molecule has 0 radical (unpaired) electrons. The zero-order chi connectivity index (χ0) is 12.0. The minimum atomic E-state index is -0.0274. The fraction of sp³-hybridized carbons (Fsp3) is 0.500. The quantitative estimate of drug-likeness (QED) is 0.720. The monoisotopic (exact) mass is 225 g/mol. The first-order chi connectivity index (χ1) is 7.69. The van der Waals surface area contributed by atoms with Crippen LogP contribution in [0.5, 0.6) is 11.5 Å². The van der Waals surface area contributed by atoms with E-state index in [1.807, 2.05) is 25.1 Å². The van der Waals surface area contributed by atoms with Crippen molar-refractivity contribution in [3.05, 3.63) is 23.8 Å². The van der Waals surface area contributed by atoms with E-state index in [1.165, 1.54) is 0 Å². The molecule has 0 unspecified atom stereocenters. The number of benzene rings is 1. The minimum absolute atomic E-state index is 0.0274. The van der Waals surface area contributed by atoms with Crippen molar-refractivity contribution in [2.75, 3.05) is 20.3 Å². The van der Waals surface area contributed by atoms with Gasteiger partial charge in [0.2, 0.25) is 0 Å². The molecule has 4 heteroatoms. The molecule has 1 rings (SSSR count). The van der Waals surface area contributed by atoms with Gasteiger partial charge in [0.05, 0.1) is 13.7 Å². The van der Waals surface area contributed by atoms with Crippen LogP contribution in [0, 0.1) is 0 Å². The summed E-state index contributed by atoms with van der Waals surface area (Å²) in [5.74, 6) is 1.35. The number of aliphatic hydroxyl groups excluding tert-OH is 1. The maximum Gasteiger partial charge on any atom is 0.161 e. The van der Waals surface area contributed by atoms with Gasteiger partial charge in [0.15, 0.2) is 11.5 Å². The molecule has 0 heterocycles. The van der Waals surface area contributed by atoms with Gasteiger partial charge in [-0.3, -0.25) is 0 Å². The van der Waals surface area contributed by atoms with Crippen LogP contribution in [0.15, 0.2) is 18.2 Å². The summed E-state index contributed by atoms with van der Waals surface area (Å²) < 4.78 is 10.7. The summed E-state index contributed by atoms with van der Waals surface area (Å²) in [5, 5.41) is 8.66. The Morgan fingerprint density at radius 1 is 1.38 bits per heavy atom. The summed E-state index contributed by atoms with van der Waals surface area (Å²) in [7, 11) is 1.60. The first kappa shape index (κ1) is 12.8. The van der Waals surface area contributed by atoms with E-state index in [-0.39, 0.29) is 12.6 Å². The molecule has 0 fully saturated rings. The van der Waals surface area contributed by atoms with Crippen molar-refractivity contribution in [3.8, 4) is 11.5 Å². The van der Waals surface area contributed by atoms with E-state index >= 15 is 0 Å². The molecule has 0 saturated carbocycles. The van der Waals surface area contributed by atoms with E-state index in [9.17, 15) is 0 Å². The van der Waals surface area contributed by atoms with Gasteiger partial charge < -0.3 is 20.3 Å². The van der Waals surface area contributed by atoms with Gasteiger partial charge in [-0.2, -0.15) is 0 Å². The molecular formula is C12H19NO3. The number of rotatable bonds is 6. The van der Waals surface area contributed by atoms with Crippen LogP contribution in [0.2, 0.25) is 0 Å². The van der Waals surface area contributed by atoms with Crippen LogP contribution in [-0.2, 0) is 0 Å². The lowest BCUT2D eigenvalue weighted by Crippen LogP contribution is -2.06. The molecule has 90 valence electrons. The lowest BCUT2D eigenvalue weighted by atomic mass is 10.1. The van der Waals surface area contributed by atoms with Crippen LogP contribution in [0.25, 0.3) is 0 Å². The fourth-order valence-corrected chi connectivity index (χ4v) is 1.33. The molecule has 0 saturated heterocycles. The average molecular weight is 225 g/mol. The molecule has 0 aliphatic heterocycles. The first-order valence-electron chi connectivity index (χ1n) is 5.36. The first-order valence-corrected chi connectivity index (χ1v) is 5.36. The topological polar surface area (TPSA) is 64.7 Å². The Balaban J connectivity index is 2.76. The number of nitrogens with two attached hydrogens (primary N) is 1. The number of methoxy groups -OCH3 is 1. The SMILES string of the molecule is COc1cc([C@@H](C)N)ccc1OCCCO. The molecular weight excluding hydrogens is 206 g/mol. The molecule has 1 atom stereocenters. The lowest BCUT2D eigenvalue weighted by Gasteiger charge is -2.13. The molecule has 0 bridgehead atoms. The van der Waals surface area contributed by atoms with E-state index in [2.05, 4.69) is 0 Å². The predicted octanol–water partition coefficient (Wildman–Crippen LogP) is 1.48. The van der Waals surface area contributed by atoms with Crippen LogP contribution in [0.1, 0.15) is 24.9 Å². The number of aliphatic hydroxyl groups is 1. The van der Waals surface area contributed by atoms with E-state index in [0.717, 1.165) is 5.56 Å². The van der Waals surface area contributed by atoms with Crippen molar-refractivity contribution in [2.45, 2.75) is 19.4 Å². The molecule has 0 aliphatic rings. The van der Waals surface area contributed by atoms with Crippen molar-refractivity contribution in [3.63, 3.8) is 0 Å². The summed E-state index contributed by atoms with van der Waals surface area (Å²) in [6.07, 6.45) is 0.609. The van der Waals surface area contributed by atoms with Gasteiger partial charge in [-0.25, -0.2) is 0 Å². The van der Waals surface area contributed by atoms with E-state index in [0.29, 0.717) is 24.5 Å². The Hall–Kier alpha value is -1.26. The van der Waals surface area contributed by atoms with E-state index in [4.69, 9.17) is 20.3 Å². The van der Waals surface area contributed by atoms with Crippen molar-refractivity contribution < 1.29 is 14.6 Å². The molecule has 1 aromatic rings. The largest absolute Gasteiger partial charge is 0.493 e. The van der Waals surface area contributed by atoms with Gasteiger partial charge in [0, 0.05) is 19.1 Å². The molecule has 0 spiro atoms. The smallest absolute Gasteiger partial charge is 0.161 e. The molecule has 1 aromatic carbocycles. The number of hydrogen-bond acceptors (Lipinski definition) is 4. The standard InChI is InChI=1S/C12H19NO3/c1-9(13)10-4-5-11(12(8-10)15-2)16-7-3-6-14/h4-5,8-9,14H,3,6-7,13H2,1-2H3/t9-/m1/s1. The van der Waals surface area contributed by atoms with E-state index < -0.39 is 0 Å². The highest BCUT2D eigenvalue weighted by Gasteiger charge is 2.07. The second-order valence-corrected chi connectivity index (χ2v) is 3.62. The molecule has 3 N–H and O–H groups in total. The van der Waals surface area contributed by atoms with Crippen molar-refractivity contribution in [1.29, 1.82) is 0 Å². The maximum absolute atomic E-state index is 8.66. The number of hydrogen-bond donors (Lipinski definition) is 2.